The molecule has 18 atom stereocenters. The predicted molar refractivity (Wildman–Crippen MR) is 290 cm³/mol. The number of allylic oxidation sites excluding steroid dienone is 1. The Hall–Kier alpha value is -3.37. The molecule has 0 saturated carbocycles. The Morgan fingerprint density at radius 3 is 2.26 bits per heavy atom. The van der Waals surface area contributed by atoms with Gasteiger partial charge in [-0.05, 0) is 144 Å². The van der Waals surface area contributed by atoms with Crippen molar-refractivity contribution in [2.45, 2.75) is 219 Å². The van der Waals surface area contributed by atoms with Crippen molar-refractivity contribution in [1.82, 2.24) is 14.4 Å². The number of aliphatic hydroxyl groups is 4. The van der Waals surface area contributed by atoms with Crippen LogP contribution >= 0.6 is 0 Å². The highest BCUT2D eigenvalue weighted by Gasteiger charge is 2.51. The number of hydrogen-bond donors (Lipinski definition) is 5. The molecule has 3 aliphatic heterocycles. The van der Waals surface area contributed by atoms with Crippen LogP contribution in [0.15, 0.2) is 41.3 Å². The molecule has 4 heterocycles. The summed E-state index contributed by atoms with van der Waals surface area (Å²) in [7, 11) is 5.65. The van der Waals surface area contributed by atoms with Gasteiger partial charge in [0.1, 0.15) is 29.5 Å². The zero-order chi connectivity index (χ0) is 56.4. The third-order valence-corrected chi connectivity index (χ3v) is 16.4. The van der Waals surface area contributed by atoms with E-state index >= 15 is 0 Å². The van der Waals surface area contributed by atoms with Gasteiger partial charge in [-0.2, -0.15) is 0 Å². The number of esters is 1. The second-order valence-electron chi connectivity index (χ2n) is 23.2. The largest absolute Gasteiger partial charge is 0.477 e. The van der Waals surface area contributed by atoms with E-state index in [2.05, 4.69) is 6.92 Å². The van der Waals surface area contributed by atoms with Gasteiger partial charge in [0.2, 0.25) is 5.43 Å². The second kappa shape index (κ2) is 28.2. The maximum atomic E-state index is 14.5. The number of carbonyl (C=O) groups excluding carboxylic acids is 1. The molecule has 18 nitrogen and oxygen atoms in total. The minimum absolute atomic E-state index is 0.00172. The quantitative estimate of drug-likeness (QED) is 0.0602. The number of aromatic nitrogens is 1. The van der Waals surface area contributed by atoms with Crippen LogP contribution in [0.5, 0.6) is 0 Å². The van der Waals surface area contributed by atoms with Crippen molar-refractivity contribution in [2.24, 2.45) is 23.7 Å². The summed E-state index contributed by atoms with van der Waals surface area (Å²) in [6, 6.07) is 4.76. The van der Waals surface area contributed by atoms with E-state index in [0.29, 0.717) is 63.1 Å². The van der Waals surface area contributed by atoms with Crippen molar-refractivity contribution in [3.8, 4) is 0 Å². The summed E-state index contributed by atoms with van der Waals surface area (Å²) < 4.78 is 46.9. The van der Waals surface area contributed by atoms with Crippen LogP contribution in [0.25, 0.3) is 10.9 Å². The molecule has 3 aliphatic rings. The topological polar surface area (TPSA) is 228 Å². The number of carboxylic acids is 1. The maximum absolute atomic E-state index is 14.5. The van der Waals surface area contributed by atoms with Gasteiger partial charge in [0.05, 0.1) is 54.2 Å². The summed E-state index contributed by atoms with van der Waals surface area (Å²) in [5, 5.41) is 57.9. The first kappa shape index (κ1) is 63.5. The molecule has 0 bridgehead atoms. The number of likely N-dealkylation sites (N-methyl/N-ethyl adjacent to an activating group) is 2. The van der Waals surface area contributed by atoms with Crippen LogP contribution in [-0.4, -0.2) is 184 Å². The molecule has 76 heavy (non-hydrogen) atoms. The third kappa shape index (κ3) is 15.9. The first-order chi connectivity index (χ1) is 35.7. The Kier molecular flexibility index (Phi) is 23.5. The van der Waals surface area contributed by atoms with E-state index in [0.717, 1.165) is 24.8 Å². The number of fused-ring (bicyclic) bond motifs is 1. The number of aromatic carboxylic acids is 1. The number of unbranched alkanes of at least 4 members (excludes halogenated alkanes) is 2. The van der Waals surface area contributed by atoms with Crippen LogP contribution in [0.2, 0.25) is 0 Å². The fourth-order valence-electron chi connectivity index (χ4n) is 11.9. The highest BCUT2D eigenvalue weighted by Crippen LogP contribution is 2.39. The molecule has 5 rings (SSSR count). The molecule has 3 saturated heterocycles. The molecule has 2 aromatic rings. The number of pyridine rings is 1. The molecule has 0 spiro atoms. The second-order valence-corrected chi connectivity index (χ2v) is 23.2. The fourth-order valence-corrected chi connectivity index (χ4v) is 11.9. The zero-order valence-electron chi connectivity index (χ0n) is 48.1. The van der Waals surface area contributed by atoms with Gasteiger partial charge in [0, 0.05) is 62.3 Å². The number of aliphatic hydroxyl groups excluding tert-OH is 2. The smallest absolute Gasteiger partial charge is 0.341 e. The van der Waals surface area contributed by atoms with Crippen LogP contribution in [0.1, 0.15) is 137 Å². The summed E-state index contributed by atoms with van der Waals surface area (Å²) in [4.78, 5) is 42.9. The van der Waals surface area contributed by atoms with Crippen LogP contribution in [-0.2, 0) is 50.9 Å². The van der Waals surface area contributed by atoms with Crippen molar-refractivity contribution in [3.63, 3.8) is 0 Å². The number of cyclic esters (lactones) is 1. The number of hydrogen-bond acceptors (Lipinski definition) is 16. The summed E-state index contributed by atoms with van der Waals surface area (Å²) in [5.74, 6) is -3.74. The van der Waals surface area contributed by atoms with Crippen LogP contribution in [0.3, 0.4) is 0 Å². The van der Waals surface area contributed by atoms with Gasteiger partial charge in [0.15, 0.2) is 12.6 Å². The van der Waals surface area contributed by atoms with Crippen molar-refractivity contribution in [3.05, 3.63) is 57.9 Å². The number of carboxylic acid groups (broad SMARTS) is 1. The van der Waals surface area contributed by atoms with Gasteiger partial charge in [0.25, 0.3) is 0 Å². The number of aryl methyl sites for hydroxylation is 1. The predicted octanol–water partition coefficient (Wildman–Crippen LogP) is 6.17. The van der Waals surface area contributed by atoms with Gasteiger partial charge in [-0.15, -0.1) is 0 Å². The van der Waals surface area contributed by atoms with Gasteiger partial charge < -0.3 is 73.1 Å². The van der Waals surface area contributed by atoms with Crippen molar-refractivity contribution in [2.75, 3.05) is 47.5 Å². The van der Waals surface area contributed by atoms with Gasteiger partial charge in [-0.3, -0.25) is 9.59 Å². The average molecular weight is 1070 g/mol. The molecule has 3 fully saturated rings. The molecule has 432 valence electrons. The van der Waals surface area contributed by atoms with E-state index in [-0.39, 0.29) is 54.6 Å². The lowest BCUT2D eigenvalue weighted by Crippen LogP contribution is -2.59. The molecule has 18 heteroatoms. The van der Waals surface area contributed by atoms with Gasteiger partial charge >= 0.3 is 11.9 Å². The Balaban J connectivity index is 1.22. The van der Waals surface area contributed by atoms with Crippen LogP contribution in [0.4, 0.5) is 0 Å². The van der Waals surface area contributed by atoms with E-state index in [1.807, 2.05) is 96.8 Å². The maximum Gasteiger partial charge on any atom is 0.341 e. The van der Waals surface area contributed by atoms with Gasteiger partial charge in [-0.25, -0.2) is 4.79 Å². The minimum atomic E-state index is -1.81. The lowest BCUT2D eigenvalue weighted by molar-refractivity contribution is -0.310. The molecular formula is C58H95N3O15. The van der Waals surface area contributed by atoms with E-state index in [1.165, 1.54) is 13.1 Å². The summed E-state index contributed by atoms with van der Waals surface area (Å²) >= 11 is 0. The van der Waals surface area contributed by atoms with Crippen LogP contribution in [0, 0.1) is 23.7 Å². The highest BCUT2D eigenvalue weighted by atomic mass is 16.7. The molecule has 0 amide bonds. The first-order valence-electron chi connectivity index (χ1n) is 28.0. The van der Waals surface area contributed by atoms with E-state index in [9.17, 15) is 39.9 Å². The number of carbonyl (C=O) groups is 2. The minimum Gasteiger partial charge on any atom is -0.477 e. The van der Waals surface area contributed by atoms with E-state index in [1.54, 1.807) is 31.4 Å². The molecule has 0 radical (unpaired) electrons. The van der Waals surface area contributed by atoms with Crippen molar-refractivity contribution in [1.29, 1.82) is 0 Å². The summed E-state index contributed by atoms with van der Waals surface area (Å²) in [5.41, 5.74) is -2.47. The normalized spacial score (nSPS) is 36.8. The summed E-state index contributed by atoms with van der Waals surface area (Å²) in [6.07, 6.45) is 1.83. The monoisotopic (exact) mass is 1070 g/mol. The first-order valence-corrected chi connectivity index (χ1v) is 28.0. The average Bonchev–Trinajstić information content (AvgIpc) is 3.35. The molecule has 1 aromatic heterocycles. The molecule has 0 aliphatic carbocycles. The van der Waals surface area contributed by atoms with E-state index in [4.69, 9.17) is 33.2 Å². The summed E-state index contributed by atoms with van der Waals surface area (Å²) in [6.45, 7) is 22.8. The highest BCUT2D eigenvalue weighted by molar-refractivity contribution is 5.92. The standard InChI is InChI=1S/C58H95N3O15/c1-15-46-58(11,69)52(64)39(8)60(14)32-34(3)31-57(10,68)53(76-56-49(63)45(59(12)13)29-36(5)72-56)37(6)51(38(7)55(67)74-46)75-47-28-35(4)50(40(9)73-47)71-27-20-17-19-25-70-26-21-18-22-41-23-24-44-42(30-41)48(62)43(54(65)66)33-61(44)16-2/h18,21,23-24,30,33-40,45-47,49-53,56,63-64,68-69H,15-17,19-20,22,25-29,31-32H2,1-14H3,(H,65,66)/b21-18+/t34-,35+,36-,37+,38-,39-,40+,45+,46-,47+,49-,50-,51+,52-,53-,56+,57-,58-/m1/s1. The number of ether oxygens (including phenoxy) is 7. The Bertz CT molecular complexity index is 2240. The zero-order valence-corrected chi connectivity index (χ0v) is 48.1. The van der Waals surface area contributed by atoms with E-state index < -0.39 is 89.5 Å². The third-order valence-electron chi connectivity index (χ3n) is 16.4. The molecule has 5 N–H and O–H groups in total. The van der Waals surface area contributed by atoms with Crippen molar-refractivity contribution >= 4 is 22.8 Å². The SMILES string of the molecule is CC[C@H]1OC(=O)[C@H](C)[C@@H](O[C@H]2C[C@H](C)[C@@H](OCCCCCOC/C=C/Cc3ccc4c(c3)c(=O)c(C(=O)O)cn4CC)[C@H](C)O2)[C@H](C)[C@@H](O[C@@H]2O[C@H](C)C[C@H](N(C)C)[C@H]2O)[C@](C)(O)C[C@@H](C)CN(C)[C@H](C)[C@@H](O)[C@]1(C)O. The Labute approximate surface area is 451 Å². The Morgan fingerprint density at radius 2 is 1.62 bits per heavy atom. The van der Waals surface area contributed by atoms with Crippen molar-refractivity contribution < 1.29 is 68.3 Å². The molecule has 0 unspecified atom stereocenters. The lowest BCUT2D eigenvalue weighted by atomic mass is 9.77. The number of rotatable bonds is 19. The molecule has 1 aromatic carbocycles. The molecular weight excluding hydrogens is 979 g/mol. The number of nitrogens with zero attached hydrogens (tertiary/aromatic N) is 3. The fraction of sp³-hybridized carbons (Fsp3) is 0.776. The lowest BCUT2D eigenvalue weighted by Gasteiger charge is -2.48. The van der Waals surface area contributed by atoms with Gasteiger partial charge in [-0.1, -0.05) is 45.9 Å². The van der Waals surface area contributed by atoms with Crippen LogP contribution < -0.4 is 5.43 Å². The number of benzene rings is 1. The Morgan fingerprint density at radius 1 is 0.921 bits per heavy atom.